The van der Waals surface area contributed by atoms with Crippen molar-refractivity contribution < 1.29 is 9.67 Å². The van der Waals surface area contributed by atoms with Crippen LogP contribution in [-0.4, -0.2) is 10.1 Å². The van der Waals surface area contributed by atoms with E-state index in [0.717, 1.165) is 23.4 Å². The summed E-state index contributed by atoms with van der Waals surface area (Å²) in [7, 11) is 0. The fourth-order valence-electron chi connectivity index (χ4n) is 2.57. The molecule has 0 aliphatic heterocycles. The minimum absolute atomic E-state index is 0.0134. The second kappa shape index (κ2) is 5.10. The maximum absolute atomic E-state index is 9.54. The van der Waals surface area contributed by atoms with Crippen LogP contribution in [0.1, 0.15) is 22.5 Å². The number of aliphatic hydroxyl groups excluding tert-OH is 1. The van der Waals surface area contributed by atoms with E-state index in [0.29, 0.717) is 0 Å². The number of nitrogens with one attached hydrogen (secondary N) is 1. The van der Waals surface area contributed by atoms with Crippen LogP contribution in [0.25, 0.3) is 11.0 Å². The van der Waals surface area contributed by atoms with Gasteiger partial charge in [0, 0.05) is 0 Å². The number of fused-ring (bicyclic) bond motifs is 1. The Bertz CT molecular complexity index is 759. The first-order valence-corrected chi connectivity index (χ1v) is 6.85. The van der Waals surface area contributed by atoms with E-state index in [2.05, 4.69) is 47.7 Å². The van der Waals surface area contributed by atoms with Crippen LogP contribution in [-0.2, 0) is 13.2 Å². The first kappa shape index (κ1) is 12.9. The average Bonchev–Trinajstić information content (AvgIpc) is 2.81. The van der Waals surface area contributed by atoms with Crippen molar-refractivity contribution in [3.05, 3.63) is 65.0 Å². The lowest BCUT2D eigenvalue weighted by Gasteiger charge is -2.05. The van der Waals surface area contributed by atoms with Crippen LogP contribution < -0.4 is 4.57 Å². The normalized spacial score (nSPS) is 11.2. The van der Waals surface area contributed by atoms with Crippen molar-refractivity contribution in [3.8, 4) is 0 Å². The predicted molar refractivity (Wildman–Crippen MR) is 79.4 cm³/mol. The third-order valence-corrected chi connectivity index (χ3v) is 3.86. The molecular weight excluding hydrogens is 248 g/mol. The number of hydrogen-bond donors (Lipinski definition) is 2. The molecule has 0 amide bonds. The largest absolute Gasteiger partial charge is 0.384 e. The summed E-state index contributed by atoms with van der Waals surface area (Å²) in [5.74, 6) is 0.837. The summed E-state index contributed by atoms with van der Waals surface area (Å²) in [6.07, 6.45) is 0. The molecule has 0 saturated heterocycles. The van der Waals surface area contributed by atoms with Gasteiger partial charge in [0.05, 0.1) is 0 Å². The summed E-state index contributed by atoms with van der Waals surface area (Å²) in [6, 6.07) is 14.6. The molecule has 0 radical (unpaired) electrons. The van der Waals surface area contributed by atoms with Gasteiger partial charge in [-0.1, -0.05) is 30.3 Å². The van der Waals surface area contributed by atoms with Gasteiger partial charge in [-0.25, -0.2) is 9.55 Å². The maximum atomic E-state index is 9.54. The number of aromatic nitrogens is 2. The molecule has 0 bridgehead atoms. The zero-order chi connectivity index (χ0) is 14.1. The summed E-state index contributed by atoms with van der Waals surface area (Å²) in [6.45, 7) is 5.03. The molecule has 20 heavy (non-hydrogen) atoms. The van der Waals surface area contributed by atoms with Gasteiger partial charge in [-0.2, -0.15) is 0 Å². The first-order valence-electron chi connectivity index (χ1n) is 6.85. The van der Waals surface area contributed by atoms with Gasteiger partial charge in [0.2, 0.25) is 0 Å². The number of benzene rings is 2. The SMILES string of the molecule is Cc1ccc(C[n+]2c(CO)[nH]c3ccccc32)cc1C. The van der Waals surface area contributed by atoms with Crippen molar-refractivity contribution in [1.82, 2.24) is 4.98 Å². The van der Waals surface area contributed by atoms with Crippen molar-refractivity contribution >= 4 is 11.0 Å². The van der Waals surface area contributed by atoms with E-state index in [4.69, 9.17) is 0 Å². The molecule has 0 aliphatic rings. The molecule has 0 saturated carbocycles. The molecule has 1 aromatic heterocycles. The second-order valence-electron chi connectivity index (χ2n) is 5.25. The van der Waals surface area contributed by atoms with Crippen molar-refractivity contribution in [2.45, 2.75) is 27.0 Å². The van der Waals surface area contributed by atoms with Crippen molar-refractivity contribution in [3.63, 3.8) is 0 Å². The minimum Gasteiger partial charge on any atom is -0.384 e. The van der Waals surface area contributed by atoms with Crippen molar-refractivity contribution in [2.75, 3.05) is 0 Å². The molecule has 3 heteroatoms. The third kappa shape index (κ3) is 2.21. The number of hydrogen-bond acceptors (Lipinski definition) is 1. The van der Waals surface area contributed by atoms with Gasteiger partial charge in [-0.15, -0.1) is 0 Å². The van der Waals surface area contributed by atoms with Gasteiger partial charge in [-0.05, 0) is 42.7 Å². The van der Waals surface area contributed by atoms with Crippen LogP contribution >= 0.6 is 0 Å². The van der Waals surface area contributed by atoms with Crippen LogP contribution in [0.5, 0.6) is 0 Å². The fraction of sp³-hybridized carbons (Fsp3) is 0.235. The standard InChI is InChI=1S/C17H18N2O/c1-12-7-8-14(9-13(12)2)10-19-16-6-4-3-5-15(16)18-17(19)11-20/h3-9,20H,10-11H2,1-2H3/p+1. The molecule has 3 aromatic rings. The topological polar surface area (TPSA) is 39.9 Å². The second-order valence-corrected chi connectivity index (χ2v) is 5.25. The Morgan fingerprint density at radius 2 is 1.85 bits per heavy atom. The number of H-pyrrole nitrogens is 1. The Hall–Kier alpha value is -2.13. The predicted octanol–water partition coefficient (Wildman–Crippen LogP) is 2.61. The summed E-state index contributed by atoms with van der Waals surface area (Å²) >= 11 is 0. The van der Waals surface area contributed by atoms with Gasteiger partial charge in [0.1, 0.15) is 13.2 Å². The molecule has 102 valence electrons. The summed E-state index contributed by atoms with van der Waals surface area (Å²) in [4.78, 5) is 3.27. The summed E-state index contributed by atoms with van der Waals surface area (Å²) < 4.78 is 2.14. The molecule has 0 spiro atoms. The average molecular weight is 267 g/mol. The minimum atomic E-state index is 0.0134. The Balaban J connectivity index is 2.07. The molecule has 1 heterocycles. The van der Waals surface area contributed by atoms with Crippen LogP contribution in [0.3, 0.4) is 0 Å². The molecule has 0 atom stereocenters. The number of nitrogens with zero attached hydrogens (tertiary/aromatic N) is 1. The highest BCUT2D eigenvalue weighted by molar-refractivity contribution is 5.71. The molecule has 0 fully saturated rings. The van der Waals surface area contributed by atoms with E-state index in [-0.39, 0.29) is 6.61 Å². The highest BCUT2D eigenvalue weighted by atomic mass is 16.3. The number of rotatable bonds is 3. The molecule has 3 rings (SSSR count). The zero-order valence-corrected chi connectivity index (χ0v) is 11.9. The highest BCUT2D eigenvalue weighted by Crippen LogP contribution is 2.13. The Morgan fingerprint density at radius 1 is 1.05 bits per heavy atom. The molecule has 2 N–H and O–H groups in total. The van der Waals surface area contributed by atoms with E-state index in [9.17, 15) is 5.11 Å². The Kier molecular flexibility index (Phi) is 3.28. The first-order chi connectivity index (χ1) is 9.69. The Labute approximate surface area is 118 Å². The molecular formula is C17H19N2O+. The number of para-hydroxylation sites is 2. The number of aliphatic hydroxyl groups is 1. The van der Waals surface area contributed by atoms with Crippen LogP contribution in [0, 0.1) is 13.8 Å². The van der Waals surface area contributed by atoms with E-state index in [1.54, 1.807) is 0 Å². The summed E-state index contributed by atoms with van der Waals surface area (Å²) in [5.41, 5.74) is 6.03. The monoisotopic (exact) mass is 267 g/mol. The Morgan fingerprint density at radius 3 is 2.60 bits per heavy atom. The molecule has 0 aliphatic carbocycles. The van der Waals surface area contributed by atoms with Crippen LogP contribution in [0.15, 0.2) is 42.5 Å². The van der Waals surface area contributed by atoms with Crippen molar-refractivity contribution in [2.24, 2.45) is 0 Å². The number of aromatic amines is 1. The number of imidazole rings is 1. The third-order valence-electron chi connectivity index (χ3n) is 3.86. The fourth-order valence-corrected chi connectivity index (χ4v) is 2.57. The molecule has 0 unspecified atom stereocenters. The molecule has 3 nitrogen and oxygen atoms in total. The lowest BCUT2D eigenvalue weighted by molar-refractivity contribution is -0.672. The van der Waals surface area contributed by atoms with Gasteiger partial charge in [0.15, 0.2) is 11.0 Å². The van der Waals surface area contributed by atoms with Crippen LogP contribution in [0.4, 0.5) is 0 Å². The van der Waals surface area contributed by atoms with E-state index < -0.39 is 0 Å². The highest BCUT2D eigenvalue weighted by Gasteiger charge is 2.17. The maximum Gasteiger partial charge on any atom is 0.281 e. The van der Waals surface area contributed by atoms with Gasteiger partial charge >= 0.3 is 0 Å². The van der Waals surface area contributed by atoms with E-state index in [1.807, 2.05) is 18.2 Å². The molecule has 2 aromatic carbocycles. The smallest absolute Gasteiger partial charge is 0.281 e. The van der Waals surface area contributed by atoms with Crippen molar-refractivity contribution in [1.29, 1.82) is 0 Å². The quantitative estimate of drug-likeness (QED) is 0.704. The lowest BCUT2D eigenvalue weighted by Crippen LogP contribution is -2.37. The van der Waals surface area contributed by atoms with Gasteiger partial charge in [-0.3, -0.25) is 0 Å². The van der Waals surface area contributed by atoms with Gasteiger partial charge < -0.3 is 5.11 Å². The van der Waals surface area contributed by atoms with Crippen LogP contribution in [0.2, 0.25) is 0 Å². The summed E-state index contributed by atoms with van der Waals surface area (Å²) in [5, 5.41) is 9.54. The van der Waals surface area contributed by atoms with Gasteiger partial charge in [0.25, 0.3) is 5.82 Å². The zero-order valence-electron chi connectivity index (χ0n) is 11.9. The van der Waals surface area contributed by atoms with E-state index in [1.165, 1.54) is 16.7 Å². The number of aryl methyl sites for hydroxylation is 2. The lowest BCUT2D eigenvalue weighted by atomic mass is 10.1. The van der Waals surface area contributed by atoms with E-state index >= 15 is 0 Å².